The zero-order valence-corrected chi connectivity index (χ0v) is 51.0. The molecule has 1 heterocycles. The van der Waals surface area contributed by atoms with Crippen molar-refractivity contribution in [2.24, 2.45) is 0 Å². The average Bonchev–Trinajstić information content (AvgIpc) is 3.43. The molecule has 7 unspecified atom stereocenters. The summed E-state index contributed by atoms with van der Waals surface area (Å²) < 4.78 is 11.3. The van der Waals surface area contributed by atoms with Crippen molar-refractivity contribution < 1.29 is 39.8 Å². The predicted octanol–water partition coefficient (Wildman–Crippen LogP) is 18.1. The van der Waals surface area contributed by atoms with Gasteiger partial charge in [0.25, 0.3) is 0 Å². The van der Waals surface area contributed by atoms with Gasteiger partial charge in [0.15, 0.2) is 6.29 Å². The quantitative estimate of drug-likeness (QED) is 0.0261. The van der Waals surface area contributed by atoms with Gasteiger partial charge in [-0.25, -0.2) is 0 Å². The van der Waals surface area contributed by atoms with Crippen LogP contribution in [0.4, 0.5) is 0 Å². The van der Waals surface area contributed by atoms with Crippen molar-refractivity contribution in [3.05, 3.63) is 24.3 Å². The number of aliphatic hydroxyl groups is 5. The van der Waals surface area contributed by atoms with Crippen molar-refractivity contribution in [3.8, 4) is 0 Å². The number of carbonyl (C=O) groups is 1. The Morgan fingerprint density at radius 2 is 0.727 bits per heavy atom. The molecule has 0 aliphatic carbocycles. The Labute approximate surface area is 477 Å². The standard InChI is InChI=1S/C68H131NO8/c1-3-5-7-9-11-13-15-17-19-21-23-25-26-27-28-29-30-31-32-33-34-35-36-38-40-42-44-46-48-50-52-54-56-58-64(72)69-61(60-76-68-67(75)66(74)65(73)63(59-70)77-68)62(71)57-55-53-51-49-47-45-43-41-39-37-24-22-20-18-16-14-12-10-8-6-4-2/h21,23,55,57,61-63,65-68,70-71,73-75H,3-20,22,24-54,56,58-60H2,1-2H3,(H,69,72)/b23-21-,57-55+. The second-order valence-corrected chi connectivity index (χ2v) is 24.0. The Morgan fingerprint density at radius 1 is 0.429 bits per heavy atom. The fourth-order valence-electron chi connectivity index (χ4n) is 11.2. The van der Waals surface area contributed by atoms with Crippen LogP contribution in [-0.4, -0.2) is 87.5 Å². The molecule has 0 aromatic heterocycles. The lowest BCUT2D eigenvalue weighted by Gasteiger charge is -2.40. The van der Waals surface area contributed by atoms with Gasteiger partial charge in [-0.1, -0.05) is 321 Å². The summed E-state index contributed by atoms with van der Waals surface area (Å²) in [6.45, 7) is 3.83. The van der Waals surface area contributed by atoms with Crippen molar-refractivity contribution in [1.29, 1.82) is 0 Å². The minimum Gasteiger partial charge on any atom is -0.394 e. The van der Waals surface area contributed by atoms with E-state index in [1.54, 1.807) is 6.08 Å². The topological polar surface area (TPSA) is 149 Å². The Kier molecular flexibility index (Phi) is 55.4. The maximum Gasteiger partial charge on any atom is 0.220 e. The van der Waals surface area contributed by atoms with Crippen LogP contribution < -0.4 is 5.32 Å². The van der Waals surface area contributed by atoms with Crippen LogP contribution in [0.15, 0.2) is 24.3 Å². The van der Waals surface area contributed by atoms with E-state index in [1.807, 2.05) is 6.08 Å². The molecule has 1 saturated heterocycles. The molecule has 456 valence electrons. The van der Waals surface area contributed by atoms with E-state index < -0.39 is 49.5 Å². The Bertz CT molecular complexity index is 1260. The fourth-order valence-corrected chi connectivity index (χ4v) is 11.2. The molecule has 1 fully saturated rings. The maximum atomic E-state index is 13.1. The number of aliphatic hydroxyl groups excluding tert-OH is 5. The number of unbranched alkanes of at least 4 members (excludes halogenated alkanes) is 48. The van der Waals surface area contributed by atoms with E-state index in [1.165, 1.54) is 289 Å². The number of nitrogens with one attached hydrogen (secondary N) is 1. The lowest BCUT2D eigenvalue weighted by atomic mass is 9.99. The molecule has 1 aliphatic rings. The van der Waals surface area contributed by atoms with Gasteiger partial charge in [-0.05, 0) is 44.9 Å². The SMILES string of the molecule is CCCCCCCCCC/C=C\CCCCCCCCCCCCCCCCCCCCCCCC(=O)NC(COC1OC(CO)C(O)C(O)C1O)C(O)/C=C/CCCCCCCCCCCCCCCCCCCCC. The van der Waals surface area contributed by atoms with Gasteiger partial charge in [-0.15, -0.1) is 0 Å². The summed E-state index contributed by atoms with van der Waals surface area (Å²) in [5.41, 5.74) is 0. The van der Waals surface area contributed by atoms with Crippen LogP contribution in [0.2, 0.25) is 0 Å². The van der Waals surface area contributed by atoms with E-state index in [4.69, 9.17) is 9.47 Å². The molecular weight excluding hydrogens is 959 g/mol. The monoisotopic (exact) mass is 1090 g/mol. The summed E-state index contributed by atoms with van der Waals surface area (Å²) in [6, 6.07) is -0.803. The van der Waals surface area contributed by atoms with Crippen molar-refractivity contribution in [1.82, 2.24) is 5.32 Å². The summed E-state index contributed by atoms with van der Waals surface area (Å²) in [7, 11) is 0. The molecule has 0 bridgehead atoms. The molecule has 0 aromatic carbocycles. The lowest BCUT2D eigenvalue weighted by molar-refractivity contribution is -0.302. The lowest BCUT2D eigenvalue weighted by Crippen LogP contribution is -2.60. The molecule has 0 saturated carbocycles. The van der Waals surface area contributed by atoms with Crippen molar-refractivity contribution >= 4 is 5.91 Å². The molecule has 6 N–H and O–H groups in total. The van der Waals surface area contributed by atoms with Gasteiger partial charge in [-0.2, -0.15) is 0 Å². The van der Waals surface area contributed by atoms with E-state index in [9.17, 15) is 30.3 Å². The molecular formula is C68H131NO8. The first-order valence-electron chi connectivity index (χ1n) is 34.1. The van der Waals surface area contributed by atoms with Crippen molar-refractivity contribution in [2.45, 2.75) is 391 Å². The Balaban J connectivity index is 2.11. The normalized spacial score (nSPS) is 18.8. The van der Waals surface area contributed by atoms with Gasteiger partial charge < -0.3 is 40.3 Å². The number of amides is 1. The number of hydrogen-bond donors (Lipinski definition) is 6. The number of carbonyl (C=O) groups excluding carboxylic acids is 1. The summed E-state index contributed by atoms with van der Waals surface area (Å²) in [4.78, 5) is 13.1. The molecule has 77 heavy (non-hydrogen) atoms. The average molecular weight is 1090 g/mol. The second-order valence-electron chi connectivity index (χ2n) is 24.0. The van der Waals surface area contributed by atoms with Crippen molar-refractivity contribution in [2.75, 3.05) is 13.2 Å². The highest BCUT2D eigenvalue weighted by atomic mass is 16.7. The molecule has 1 rings (SSSR count). The summed E-state index contributed by atoms with van der Waals surface area (Å²) >= 11 is 0. The van der Waals surface area contributed by atoms with Crippen LogP contribution in [0.1, 0.15) is 348 Å². The number of allylic oxidation sites excluding steroid dienone is 3. The molecule has 0 spiro atoms. The van der Waals surface area contributed by atoms with Crippen LogP contribution in [0.3, 0.4) is 0 Å². The second kappa shape index (κ2) is 57.9. The molecule has 0 radical (unpaired) electrons. The largest absolute Gasteiger partial charge is 0.394 e. The Hall–Kier alpha value is -1.33. The fraction of sp³-hybridized carbons (Fsp3) is 0.926. The zero-order chi connectivity index (χ0) is 55.8. The third-order valence-corrected chi connectivity index (χ3v) is 16.5. The van der Waals surface area contributed by atoms with Crippen LogP contribution >= 0.6 is 0 Å². The van der Waals surface area contributed by atoms with Gasteiger partial charge in [0.05, 0.1) is 25.4 Å². The van der Waals surface area contributed by atoms with Gasteiger partial charge in [0.1, 0.15) is 24.4 Å². The molecule has 0 aromatic rings. The first kappa shape index (κ1) is 73.7. The van der Waals surface area contributed by atoms with Gasteiger partial charge in [0, 0.05) is 6.42 Å². The van der Waals surface area contributed by atoms with Crippen LogP contribution in [0.25, 0.3) is 0 Å². The van der Waals surface area contributed by atoms with E-state index >= 15 is 0 Å². The molecule has 1 aliphatic heterocycles. The molecule has 1 amide bonds. The van der Waals surface area contributed by atoms with Gasteiger partial charge in [-0.3, -0.25) is 4.79 Å². The minimum atomic E-state index is -1.57. The van der Waals surface area contributed by atoms with E-state index in [2.05, 4.69) is 31.3 Å². The Morgan fingerprint density at radius 3 is 1.05 bits per heavy atom. The first-order valence-corrected chi connectivity index (χ1v) is 34.1. The highest BCUT2D eigenvalue weighted by molar-refractivity contribution is 5.76. The van der Waals surface area contributed by atoms with E-state index in [0.717, 1.165) is 38.5 Å². The van der Waals surface area contributed by atoms with Crippen LogP contribution in [0.5, 0.6) is 0 Å². The smallest absolute Gasteiger partial charge is 0.220 e. The highest BCUT2D eigenvalue weighted by Gasteiger charge is 2.44. The molecule has 9 heteroatoms. The number of hydrogen-bond acceptors (Lipinski definition) is 8. The minimum absolute atomic E-state index is 0.169. The van der Waals surface area contributed by atoms with E-state index in [-0.39, 0.29) is 12.5 Å². The van der Waals surface area contributed by atoms with E-state index in [0.29, 0.717) is 6.42 Å². The maximum absolute atomic E-state index is 13.1. The van der Waals surface area contributed by atoms with Crippen LogP contribution in [0, 0.1) is 0 Å². The van der Waals surface area contributed by atoms with Gasteiger partial charge in [0.2, 0.25) is 5.91 Å². The molecule has 9 nitrogen and oxygen atoms in total. The molecule has 7 atom stereocenters. The third kappa shape index (κ3) is 46.9. The summed E-state index contributed by atoms with van der Waals surface area (Å²) in [5, 5.41) is 54.7. The highest BCUT2D eigenvalue weighted by Crippen LogP contribution is 2.23. The number of ether oxygens (including phenoxy) is 2. The summed E-state index contributed by atoms with van der Waals surface area (Å²) in [6.07, 6.45) is 68.5. The number of rotatable bonds is 60. The zero-order valence-electron chi connectivity index (χ0n) is 51.0. The van der Waals surface area contributed by atoms with Crippen molar-refractivity contribution in [3.63, 3.8) is 0 Å². The predicted molar refractivity (Wildman–Crippen MR) is 327 cm³/mol. The van der Waals surface area contributed by atoms with Crippen LogP contribution in [-0.2, 0) is 14.3 Å². The first-order chi connectivity index (χ1) is 37.8. The third-order valence-electron chi connectivity index (χ3n) is 16.5. The van der Waals surface area contributed by atoms with Gasteiger partial charge >= 0.3 is 0 Å². The summed E-state index contributed by atoms with van der Waals surface area (Å²) in [5.74, 6) is -0.169.